The van der Waals surface area contributed by atoms with Gasteiger partial charge in [0.2, 0.25) is 5.91 Å². The predicted octanol–water partition coefficient (Wildman–Crippen LogP) is 0.413. The lowest BCUT2D eigenvalue weighted by Crippen LogP contribution is -2.38. The number of piperidine rings is 1. The van der Waals surface area contributed by atoms with Crippen LogP contribution in [0.15, 0.2) is 18.3 Å². The highest BCUT2D eigenvalue weighted by molar-refractivity contribution is 7.80. The molecule has 1 amide bonds. The molecule has 0 saturated carbocycles. The Morgan fingerprint density at radius 2 is 2.11 bits per heavy atom. The molecule has 0 aromatic carbocycles. The van der Waals surface area contributed by atoms with Gasteiger partial charge in [0.1, 0.15) is 4.99 Å². The van der Waals surface area contributed by atoms with Crippen molar-refractivity contribution >= 4 is 23.1 Å². The number of aromatic nitrogens is 1. The van der Waals surface area contributed by atoms with Gasteiger partial charge in [-0.25, -0.2) is 0 Å². The zero-order chi connectivity index (χ0) is 13.8. The van der Waals surface area contributed by atoms with E-state index in [1.165, 1.54) is 0 Å². The molecule has 2 heterocycles. The van der Waals surface area contributed by atoms with Gasteiger partial charge in [-0.2, -0.15) is 0 Å². The van der Waals surface area contributed by atoms with Crippen molar-refractivity contribution in [3.05, 3.63) is 29.6 Å². The van der Waals surface area contributed by atoms with Gasteiger partial charge >= 0.3 is 0 Å². The second kappa shape index (κ2) is 6.08. The molecule has 0 spiro atoms. The van der Waals surface area contributed by atoms with Crippen molar-refractivity contribution in [1.29, 1.82) is 0 Å². The summed E-state index contributed by atoms with van der Waals surface area (Å²) in [6.45, 7) is 2.60. The third-order valence-electron chi connectivity index (χ3n) is 3.47. The number of pyridine rings is 1. The lowest BCUT2D eigenvalue weighted by molar-refractivity contribution is -0.123. The Morgan fingerprint density at radius 1 is 1.42 bits per heavy atom. The number of likely N-dealkylation sites (tertiary alicyclic amines) is 1. The Balaban J connectivity index is 1.94. The van der Waals surface area contributed by atoms with Gasteiger partial charge in [-0.15, -0.1) is 0 Å². The minimum atomic E-state index is -0.181. The fourth-order valence-electron chi connectivity index (χ4n) is 2.34. The van der Waals surface area contributed by atoms with E-state index in [1.807, 2.05) is 12.1 Å². The third-order valence-corrected chi connectivity index (χ3v) is 3.68. The van der Waals surface area contributed by atoms with E-state index < -0.39 is 0 Å². The van der Waals surface area contributed by atoms with Crippen LogP contribution >= 0.6 is 12.2 Å². The van der Waals surface area contributed by atoms with E-state index in [0.717, 1.165) is 38.0 Å². The van der Waals surface area contributed by atoms with Crippen LogP contribution in [0.2, 0.25) is 0 Å². The number of nitrogens with zero attached hydrogens (tertiary/aromatic N) is 2. The number of carbonyl (C=O) groups excluding carboxylic acids is 1. The maximum absolute atomic E-state index is 11.1. The number of hydrogen-bond donors (Lipinski definition) is 2. The molecule has 0 unspecified atom stereocenters. The molecular weight excluding hydrogens is 260 g/mol. The average molecular weight is 278 g/mol. The molecule has 1 aromatic heterocycles. The van der Waals surface area contributed by atoms with E-state index in [4.69, 9.17) is 23.7 Å². The lowest BCUT2D eigenvalue weighted by atomic mass is 9.96. The second-order valence-corrected chi connectivity index (χ2v) is 5.31. The van der Waals surface area contributed by atoms with Crippen molar-refractivity contribution in [3.8, 4) is 0 Å². The molecule has 0 atom stereocenters. The average Bonchev–Trinajstić information content (AvgIpc) is 2.39. The summed E-state index contributed by atoms with van der Waals surface area (Å²) in [5.74, 6) is -0.153. The first kappa shape index (κ1) is 13.9. The summed E-state index contributed by atoms with van der Waals surface area (Å²) < 4.78 is 0. The summed E-state index contributed by atoms with van der Waals surface area (Å²) in [6.07, 6.45) is 3.39. The Hall–Kier alpha value is -1.53. The molecule has 6 heteroatoms. The fraction of sp³-hybridized carbons (Fsp3) is 0.462. The van der Waals surface area contributed by atoms with Crippen molar-refractivity contribution in [2.24, 2.45) is 17.4 Å². The predicted molar refractivity (Wildman–Crippen MR) is 77.3 cm³/mol. The van der Waals surface area contributed by atoms with E-state index in [1.54, 1.807) is 6.20 Å². The molecule has 1 aromatic rings. The van der Waals surface area contributed by atoms with Gasteiger partial charge in [0.25, 0.3) is 0 Å². The largest absolute Gasteiger partial charge is 0.388 e. The van der Waals surface area contributed by atoms with E-state index in [9.17, 15) is 4.79 Å². The van der Waals surface area contributed by atoms with Gasteiger partial charge in [0, 0.05) is 18.7 Å². The zero-order valence-electron chi connectivity index (χ0n) is 10.7. The fourth-order valence-corrected chi connectivity index (χ4v) is 2.45. The van der Waals surface area contributed by atoms with Crippen LogP contribution in [-0.2, 0) is 11.3 Å². The summed E-state index contributed by atoms with van der Waals surface area (Å²) in [4.78, 5) is 17.8. The Bertz CT molecular complexity index is 483. The molecule has 1 aliphatic heterocycles. The minimum absolute atomic E-state index is 0.0286. The van der Waals surface area contributed by atoms with E-state index in [0.29, 0.717) is 10.7 Å². The number of hydrogen-bond acceptors (Lipinski definition) is 4. The van der Waals surface area contributed by atoms with Gasteiger partial charge in [0.05, 0.1) is 5.69 Å². The maximum Gasteiger partial charge on any atom is 0.220 e. The smallest absolute Gasteiger partial charge is 0.220 e. The first-order valence-corrected chi connectivity index (χ1v) is 6.73. The molecule has 102 valence electrons. The molecule has 4 N–H and O–H groups in total. The van der Waals surface area contributed by atoms with Crippen molar-refractivity contribution in [2.45, 2.75) is 19.4 Å². The van der Waals surface area contributed by atoms with Crippen LogP contribution in [-0.4, -0.2) is 33.9 Å². The van der Waals surface area contributed by atoms with Crippen LogP contribution < -0.4 is 11.5 Å². The standard InChI is InChI=1S/C13H18N4OS/c14-12(18)10-2-5-17(6-3-10)8-9-1-4-16-11(7-9)13(15)19/h1,4,7,10H,2-3,5-6,8H2,(H2,14,18)(H2,15,19). The lowest BCUT2D eigenvalue weighted by Gasteiger charge is -2.30. The SMILES string of the molecule is NC(=O)C1CCN(Cc2ccnc(C(N)=S)c2)CC1. The van der Waals surface area contributed by atoms with Crippen LogP contribution in [0.25, 0.3) is 0 Å². The van der Waals surface area contributed by atoms with Gasteiger partial charge in [-0.3, -0.25) is 14.7 Å². The Morgan fingerprint density at radius 3 is 2.68 bits per heavy atom. The normalized spacial score (nSPS) is 17.3. The van der Waals surface area contributed by atoms with E-state index in [-0.39, 0.29) is 11.8 Å². The van der Waals surface area contributed by atoms with Crippen LogP contribution in [0, 0.1) is 5.92 Å². The molecule has 1 saturated heterocycles. The first-order valence-electron chi connectivity index (χ1n) is 6.32. The van der Waals surface area contributed by atoms with Gasteiger partial charge in [-0.05, 0) is 43.6 Å². The highest BCUT2D eigenvalue weighted by Gasteiger charge is 2.22. The first-order chi connectivity index (χ1) is 9.06. The number of rotatable bonds is 4. The summed E-state index contributed by atoms with van der Waals surface area (Å²) in [5.41, 5.74) is 12.7. The molecule has 0 bridgehead atoms. The van der Waals surface area contributed by atoms with Crippen molar-refractivity contribution in [3.63, 3.8) is 0 Å². The van der Waals surface area contributed by atoms with Crippen LogP contribution in [0.5, 0.6) is 0 Å². The topological polar surface area (TPSA) is 85.2 Å². The van der Waals surface area contributed by atoms with Gasteiger partial charge < -0.3 is 11.5 Å². The second-order valence-electron chi connectivity index (χ2n) is 4.87. The van der Waals surface area contributed by atoms with Crippen LogP contribution in [0.1, 0.15) is 24.1 Å². The Labute approximate surface area is 118 Å². The summed E-state index contributed by atoms with van der Waals surface area (Å²) in [6, 6.07) is 3.88. The maximum atomic E-state index is 11.1. The summed E-state index contributed by atoms with van der Waals surface area (Å²) in [5, 5.41) is 0. The van der Waals surface area contributed by atoms with Gasteiger partial charge in [-0.1, -0.05) is 12.2 Å². The molecule has 0 radical (unpaired) electrons. The quantitative estimate of drug-likeness (QED) is 0.779. The molecular formula is C13H18N4OS. The number of thiocarbonyl (C=S) groups is 1. The zero-order valence-corrected chi connectivity index (χ0v) is 11.5. The summed E-state index contributed by atoms with van der Waals surface area (Å²) in [7, 11) is 0. The summed E-state index contributed by atoms with van der Waals surface area (Å²) >= 11 is 4.92. The third kappa shape index (κ3) is 3.71. The van der Waals surface area contributed by atoms with Gasteiger partial charge in [0.15, 0.2) is 0 Å². The number of carbonyl (C=O) groups is 1. The number of primary amides is 1. The monoisotopic (exact) mass is 278 g/mol. The molecule has 2 rings (SSSR count). The Kier molecular flexibility index (Phi) is 4.44. The van der Waals surface area contributed by atoms with E-state index >= 15 is 0 Å². The highest BCUT2D eigenvalue weighted by Crippen LogP contribution is 2.18. The van der Waals surface area contributed by atoms with Crippen molar-refractivity contribution in [1.82, 2.24) is 9.88 Å². The molecule has 19 heavy (non-hydrogen) atoms. The van der Waals surface area contributed by atoms with E-state index in [2.05, 4.69) is 9.88 Å². The highest BCUT2D eigenvalue weighted by atomic mass is 32.1. The van der Waals surface area contributed by atoms with Crippen LogP contribution in [0.3, 0.4) is 0 Å². The number of amides is 1. The molecule has 0 aliphatic carbocycles. The molecule has 5 nitrogen and oxygen atoms in total. The number of nitrogens with two attached hydrogens (primary N) is 2. The van der Waals surface area contributed by atoms with Crippen molar-refractivity contribution in [2.75, 3.05) is 13.1 Å². The molecule has 1 fully saturated rings. The van der Waals surface area contributed by atoms with Crippen molar-refractivity contribution < 1.29 is 4.79 Å². The molecule has 1 aliphatic rings. The minimum Gasteiger partial charge on any atom is -0.388 e. The van der Waals surface area contributed by atoms with Crippen LogP contribution in [0.4, 0.5) is 0 Å².